The number of aliphatic hydroxyl groups is 1. The molecule has 0 atom stereocenters. The number of aliphatic hydroxyl groups excluding tert-OH is 1. The number of carbonyl (C=O) groups is 1. The fourth-order valence-electron chi connectivity index (χ4n) is 2.93. The predicted octanol–water partition coefficient (Wildman–Crippen LogP) is 5.80. The lowest BCUT2D eigenvalue weighted by Gasteiger charge is -2.10. The van der Waals surface area contributed by atoms with Crippen molar-refractivity contribution in [2.24, 2.45) is 0 Å². The molecule has 1 aromatic heterocycles. The Morgan fingerprint density at radius 1 is 1.23 bits per heavy atom. The Bertz CT molecular complexity index is 744. The Hall–Kier alpha value is -1.34. The zero-order chi connectivity index (χ0) is 19.9. The summed E-state index contributed by atoms with van der Waals surface area (Å²) < 4.78 is 41.9. The molecule has 2 rings (SSSR count). The summed E-state index contributed by atoms with van der Waals surface area (Å²) in [6, 6.07) is 3.28. The third-order valence-corrected chi connectivity index (χ3v) is 4.63. The van der Waals surface area contributed by atoms with Gasteiger partial charge in [-0.25, -0.2) is 4.39 Å². The highest BCUT2D eigenvalue weighted by Gasteiger charge is 2.23. The van der Waals surface area contributed by atoms with Gasteiger partial charge in [0.2, 0.25) is 0 Å². The highest BCUT2D eigenvalue weighted by Crippen LogP contribution is 2.35. The molecule has 1 heterocycles. The van der Waals surface area contributed by atoms with E-state index in [0.717, 1.165) is 23.0 Å². The van der Waals surface area contributed by atoms with E-state index < -0.39 is 12.4 Å². The number of aromatic nitrogens is 1. The van der Waals surface area contributed by atoms with Gasteiger partial charge in [-0.05, 0) is 46.8 Å². The third kappa shape index (κ3) is 5.10. The zero-order valence-corrected chi connectivity index (χ0v) is 16.9. The van der Waals surface area contributed by atoms with Crippen LogP contribution < -0.4 is 0 Å². The van der Waals surface area contributed by atoms with Crippen molar-refractivity contribution in [1.82, 2.24) is 4.57 Å². The van der Waals surface area contributed by atoms with E-state index in [1.54, 1.807) is 12.1 Å². The molecule has 0 radical (unpaired) electrons. The third-order valence-electron chi connectivity index (χ3n) is 4.01. The molecule has 1 aromatic carbocycles. The molecule has 0 bridgehead atoms. The van der Waals surface area contributed by atoms with Gasteiger partial charge < -0.3 is 5.11 Å². The molecule has 0 saturated carbocycles. The summed E-state index contributed by atoms with van der Waals surface area (Å²) in [5.74, 6) is -0.683. The Balaban J connectivity index is 0.000000412. The summed E-state index contributed by atoms with van der Waals surface area (Å²) in [5, 5.41) is 8.71. The van der Waals surface area contributed by atoms with Gasteiger partial charge in [-0.1, -0.05) is 33.3 Å². The molecule has 0 amide bonds. The van der Waals surface area contributed by atoms with Crippen molar-refractivity contribution in [3.63, 3.8) is 0 Å². The molecular weight excluding hydrogens is 411 g/mol. The van der Waals surface area contributed by atoms with E-state index in [-0.39, 0.29) is 22.4 Å². The number of carbonyl (C=O) groups excluding carboxylic acids is 1. The van der Waals surface area contributed by atoms with Crippen LogP contribution >= 0.6 is 15.9 Å². The number of hydrogen-bond donors (Lipinski definition) is 1. The van der Waals surface area contributed by atoms with Crippen molar-refractivity contribution >= 4 is 32.6 Å². The Labute approximate surface area is 160 Å². The number of nitrogens with zero attached hydrogens (tertiary/aromatic N) is 1. The van der Waals surface area contributed by atoms with Crippen LogP contribution in [-0.2, 0) is 17.6 Å². The Morgan fingerprint density at radius 3 is 2.31 bits per heavy atom. The molecule has 1 N–H and O–H groups in total. The first-order chi connectivity index (χ1) is 12.3. The van der Waals surface area contributed by atoms with Crippen molar-refractivity contribution in [2.75, 3.05) is 6.61 Å². The smallest absolute Gasteiger partial charge is 0.319 e. The van der Waals surface area contributed by atoms with E-state index in [2.05, 4.69) is 15.9 Å². The van der Waals surface area contributed by atoms with Crippen molar-refractivity contribution in [3.05, 3.63) is 33.7 Å². The molecule has 0 saturated heterocycles. The first kappa shape index (κ1) is 22.7. The summed E-state index contributed by atoms with van der Waals surface area (Å²) in [4.78, 5) is 10.2. The van der Waals surface area contributed by atoms with Gasteiger partial charge in [-0.2, -0.15) is 8.78 Å². The molecule has 0 aliphatic carbocycles. The minimum Gasteiger partial charge on any atom is -0.389 e. The number of ketones is 1. The maximum atomic E-state index is 14.2. The maximum Gasteiger partial charge on any atom is 0.319 e. The minimum atomic E-state index is -2.73. The van der Waals surface area contributed by atoms with E-state index in [9.17, 15) is 18.0 Å². The number of Topliss-reactive ketones (excluding diaryl/α,β-unsaturated/α-hetero) is 1. The van der Waals surface area contributed by atoms with Crippen molar-refractivity contribution in [2.45, 2.75) is 59.4 Å². The van der Waals surface area contributed by atoms with Crippen LogP contribution in [0.4, 0.5) is 13.2 Å². The number of alkyl halides is 2. The minimum absolute atomic E-state index is 0.00433. The Kier molecular flexibility index (Phi) is 9.36. The molecule has 0 aliphatic rings. The summed E-state index contributed by atoms with van der Waals surface area (Å²) in [5.41, 5.74) is 1.38. The van der Waals surface area contributed by atoms with E-state index >= 15 is 0 Å². The van der Waals surface area contributed by atoms with Gasteiger partial charge in [-0.3, -0.25) is 9.36 Å². The summed E-state index contributed by atoms with van der Waals surface area (Å²) >= 11 is 3.06. The Morgan fingerprint density at radius 2 is 1.88 bits per heavy atom. The van der Waals surface area contributed by atoms with Gasteiger partial charge in [0.25, 0.3) is 0 Å². The second-order valence-corrected chi connectivity index (χ2v) is 6.74. The van der Waals surface area contributed by atoms with Crippen LogP contribution in [-0.4, -0.2) is 22.1 Å². The van der Waals surface area contributed by atoms with E-state index in [4.69, 9.17) is 5.11 Å². The van der Waals surface area contributed by atoms with Gasteiger partial charge >= 0.3 is 6.55 Å². The van der Waals surface area contributed by atoms with Gasteiger partial charge in [0, 0.05) is 17.5 Å². The number of aryl methyl sites for hydroxylation is 1. The van der Waals surface area contributed by atoms with Crippen molar-refractivity contribution in [3.8, 4) is 0 Å². The normalized spacial score (nSPS) is 11.0. The number of rotatable bonds is 7. The maximum absolute atomic E-state index is 14.2. The molecule has 3 nitrogen and oxygen atoms in total. The van der Waals surface area contributed by atoms with Crippen LogP contribution in [0.3, 0.4) is 0 Å². The van der Waals surface area contributed by atoms with Gasteiger partial charge in [0.1, 0.15) is 6.61 Å². The number of halogens is 4. The SMILES string of the molecule is CCCC(=O)CO.CCCc1c(CC)c2ccc(Br)c(F)c2n1C(F)F. The molecular formula is C19H25BrF3NO2. The molecule has 0 spiro atoms. The average Bonchev–Trinajstić information content (AvgIpc) is 2.93. The standard InChI is InChI=1S/C14H15BrF3N.C5H10O2/c1-3-5-11-8(4-2)9-6-7-10(15)12(16)13(9)19(11)14(17)18;1-2-3-5(7)4-6/h6-7,14H,3-5H2,1-2H3;6H,2-4H2,1H3. The zero-order valence-electron chi connectivity index (χ0n) is 15.3. The molecule has 26 heavy (non-hydrogen) atoms. The largest absolute Gasteiger partial charge is 0.389 e. The van der Waals surface area contributed by atoms with Crippen LogP contribution in [0.2, 0.25) is 0 Å². The number of hydrogen-bond acceptors (Lipinski definition) is 2. The predicted molar refractivity (Wildman–Crippen MR) is 101 cm³/mol. The van der Waals surface area contributed by atoms with Crippen LogP contribution in [0.1, 0.15) is 57.8 Å². The lowest BCUT2D eigenvalue weighted by molar-refractivity contribution is -0.121. The lowest BCUT2D eigenvalue weighted by Crippen LogP contribution is -2.05. The second-order valence-electron chi connectivity index (χ2n) is 5.88. The number of benzene rings is 1. The molecule has 2 aromatic rings. The van der Waals surface area contributed by atoms with Gasteiger partial charge in [0.15, 0.2) is 11.6 Å². The van der Waals surface area contributed by atoms with Crippen molar-refractivity contribution < 1.29 is 23.1 Å². The summed E-state index contributed by atoms with van der Waals surface area (Å²) in [6.07, 6.45) is 3.24. The highest BCUT2D eigenvalue weighted by atomic mass is 79.9. The monoisotopic (exact) mass is 435 g/mol. The molecule has 7 heteroatoms. The fourth-order valence-corrected chi connectivity index (χ4v) is 3.25. The van der Waals surface area contributed by atoms with Crippen LogP contribution in [0, 0.1) is 5.82 Å². The van der Waals surface area contributed by atoms with E-state index in [1.165, 1.54) is 0 Å². The van der Waals surface area contributed by atoms with E-state index in [0.29, 0.717) is 30.3 Å². The topological polar surface area (TPSA) is 42.2 Å². The van der Waals surface area contributed by atoms with Gasteiger partial charge in [0.05, 0.1) is 9.99 Å². The first-order valence-corrected chi connectivity index (χ1v) is 9.53. The molecule has 146 valence electrons. The summed E-state index contributed by atoms with van der Waals surface area (Å²) in [7, 11) is 0. The average molecular weight is 436 g/mol. The molecule has 0 unspecified atom stereocenters. The first-order valence-electron chi connectivity index (χ1n) is 8.74. The van der Waals surface area contributed by atoms with Crippen molar-refractivity contribution in [1.29, 1.82) is 0 Å². The quantitative estimate of drug-likeness (QED) is 0.596. The fraction of sp³-hybridized carbons (Fsp3) is 0.526. The molecule has 0 fully saturated rings. The summed E-state index contributed by atoms with van der Waals surface area (Å²) in [6.45, 7) is 2.72. The van der Waals surface area contributed by atoms with Crippen LogP contribution in [0.25, 0.3) is 10.9 Å². The second kappa shape index (κ2) is 10.7. The molecule has 0 aliphatic heterocycles. The highest BCUT2D eigenvalue weighted by molar-refractivity contribution is 9.10. The lowest BCUT2D eigenvalue weighted by atomic mass is 10.1. The number of fused-ring (bicyclic) bond motifs is 1. The van der Waals surface area contributed by atoms with Gasteiger partial charge in [-0.15, -0.1) is 0 Å². The van der Waals surface area contributed by atoms with Crippen LogP contribution in [0.15, 0.2) is 16.6 Å². The van der Waals surface area contributed by atoms with Crippen LogP contribution in [0.5, 0.6) is 0 Å². The van der Waals surface area contributed by atoms with E-state index in [1.807, 2.05) is 20.8 Å².